The molecule has 0 bridgehead atoms. The molecule has 0 atom stereocenters. The van der Waals surface area contributed by atoms with E-state index in [1.54, 1.807) is 0 Å². The highest BCUT2D eigenvalue weighted by atomic mass is 79.9. The second kappa shape index (κ2) is 24.8. The van der Waals surface area contributed by atoms with E-state index in [2.05, 4.69) is 22.5 Å². The van der Waals surface area contributed by atoms with Crippen molar-refractivity contribution in [3.8, 4) is 0 Å². The Balaban J connectivity index is -0.00000144. The third kappa shape index (κ3) is 23.9. The summed E-state index contributed by atoms with van der Waals surface area (Å²) >= 11 is 0. The van der Waals surface area contributed by atoms with Crippen LogP contribution in [0.5, 0.6) is 0 Å². The molecular weight excluding hydrogens is 384 g/mol. The maximum absolute atomic E-state index is 3.87. The molecule has 8 N–H and O–H groups in total. The van der Waals surface area contributed by atoms with Crippen molar-refractivity contribution in [3.05, 3.63) is 0 Å². The monoisotopic (exact) mass is 418 g/mol. The summed E-state index contributed by atoms with van der Waals surface area (Å²) in [5.41, 5.74) is 9.60. The molecule has 4 nitrogen and oxygen atoms in total. The second-order valence-electron chi connectivity index (χ2n) is 5.20. The molecule has 0 rings (SSSR count). The van der Waals surface area contributed by atoms with Crippen molar-refractivity contribution in [2.45, 2.75) is 77.0 Å². The number of rotatable bonds is 15. The highest BCUT2D eigenvalue weighted by Gasteiger charge is 1.93. The summed E-state index contributed by atoms with van der Waals surface area (Å²) < 4.78 is 0. The predicted molar refractivity (Wildman–Crippen MR) is 77.2 cm³/mol. The van der Waals surface area contributed by atoms with Crippen LogP contribution < -0.4 is 56.5 Å². The predicted octanol–water partition coefficient (Wildman–Crippen LogP) is -4.83. The van der Waals surface area contributed by atoms with Crippen LogP contribution in [0.1, 0.15) is 77.0 Å². The Bertz CT molecular complexity index is 135. The molecule has 126 valence electrons. The van der Waals surface area contributed by atoms with Crippen LogP contribution in [-0.2, 0) is 0 Å². The van der Waals surface area contributed by atoms with Gasteiger partial charge in [-0.2, -0.15) is 0 Å². The fourth-order valence-electron chi connectivity index (χ4n) is 2.25. The van der Waals surface area contributed by atoms with Crippen LogP contribution in [0, 0.1) is 0 Å². The largest absolute Gasteiger partial charge is 1.00 e. The van der Waals surface area contributed by atoms with E-state index in [0.717, 1.165) is 13.1 Å². The molecule has 0 aliphatic rings. The SMILES string of the molecule is [Br-].[Br-].[NH3+]CCCCCCCCCCCCCCNN[NH3+]. The van der Waals surface area contributed by atoms with Gasteiger partial charge in [-0.25, -0.2) is 5.43 Å². The number of hydrazine groups is 1. The maximum atomic E-state index is 3.87. The number of hydrogen-bond donors (Lipinski definition) is 4. The zero-order valence-electron chi connectivity index (χ0n) is 13.1. The van der Waals surface area contributed by atoms with Gasteiger partial charge in [0.2, 0.25) is 0 Å². The van der Waals surface area contributed by atoms with Crippen molar-refractivity contribution in [1.29, 1.82) is 0 Å². The Labute approximate surface area is 146 Å². The van der Waals surface area contributed by atoms with Crippen LogP contribution in [0.3, 0.4) is 0 Å². The normalized spacial score (nSPS) is 9.90. The molecule has 0 aliphatic heterocycles. The summed E-state index contributed by atoms with van der Waals surface area (Å²) in [6, 6.07) is 0. The lowest BCUT2D eigenvalue weighted by Gasteiger charge is -2.03. The zero-order chi connectivity index (χ0) is 13.3. The average Bonchev–Trinajstić information content (AvgIpc) is 2.39. The van der Waals surface area contributed by atoms with Crippen molar-refractivity contribution in [3.63, 3.8) is 0 Å². The summed E-state index contributed by atoms with van der Waals surface area (Å²) in [6.45, 7) is 2.15. The molecule has 0 spiro atoms. The van der Waals surface area contributed by atoms with E-state index in [0.29, 0.717) is 0 Å². The van der Waals surface area contributed by atoms with E-state index in [4.69, 9.17) is 0 Å². The van der Waals surface area contributed by atoms with E-state index in [1.165, 1.54) is 77.0 Å². The van der Waals surface area contributed by atoms with Gasteiger partial charge in [-0.1, -0.05) is 57.8 Å². The standard InChI is InChI=1S/C14H34N4.2BrH/c15-13-11-9-7-5-3-1-2-4-6-8-10-12-14-17-18-16;;/h17-18H,1-16H2;2*1H. The van der Waals surface area contributed by atoms with Crippen LogP contribution in [0.25, 0.3) is 0 Å². The van der Waals surface area contributed by atoms with Gasteiger partial charge in [0, 0.05) is 6.54 Å². The van der Waals surface area contributed by atoms with Crippen molar-refractivity contribution in [2.24, 2.45) is 0 Å². The molecule has 0 aromatic carbocycles. The lowest BCUT2D eigenvalue weighted by molar-refractivity contribution is -0.456. The first kappa shape index (κ1) is 25.7. The number of hydrogen-bond acceptors (Lipinski definition) is 2. The quantitative estimate of drug-likeness (QED) is 0.159. The first-order chi connectivity index (χ1) is 8.91. The highest BCUT2D eigenvalue weighted by Crippen LogP contribution is 2.11. The van der Waals surface area contributed by atoms with E-state index >= 15 is 0 Å². The lowest BCUT2D eigenvalue weighted by atomic mass is 10.1. The molecule has 6 heteroatoms. The Morgan fingerprint density at radius 1 is 0.550 bits per heavy atom. The van der Waals surface area contributed by atoms with Crippen molar-refractivity contribution in [1.82, 2.24) is 11.0 Å². The minimum absolute atomic E-state index is 0. The van der Waals surface area contributed by atoms with Crippen LogP contribution in [0.15, 0.2) is 0 Å². The Morgan fingerprint density at radius 2 is 0.900 bits per heavy atom. The third-order valence-electron chi connectivity index (χ3n) is 3.43. The van der Waals surface area contributed by atoms with Crippen molar-refractivity contribution < 1.29 is 45.5 Å². The molecule has 0 saturated carbocycles. The Hall–Kier alpha value is 0.800. The Kier molecular flexibility index (Phi) is 31.9. The van der Waals surface area contributed by atoms with Gasteiger partial charge in [0.15, 0.2) is 0 Å². The number of halogens is 2. The van der Waals surface area contributed by atoms with Crippen LogP contribution in [0.2, 0.25) is 0 Å². The maximum Gasteiger partial charge on any atom is 0.0739 e. The molecule has 0 aromatic rings. The van der Waals surface area contributed by atoms with Gasteiger partial charge in [0.05, 0.1) is 6.54 Å². The van der Waals surface area contributed by atoms with Gasteiger partial charge in [0.25, 0.3) is 0 Å². The van der Waals surface area contributed by atoms with Gasteiger partial charge in [-0.05, 0) is 19.3 Å². The van der Waals surface area contributed by atoms with Crippen LogP contribution in [-0.4, -0.2) is 13.1 Å². The Morgan fingerprint density at radius 3 is 1.25 bits per heavy atom. The van der Waals surface area contributed by atoms with Crippen LogP contribution in [0.4, 0.5) is 0 Å². The average molecular weight is 420 g/mol. The number of nitrogens with one attached hydrogen (secondary N) is 2. The van der Waals surface area contributed by atoms with E-state index in [1.807, 2.05) is 0 Å². The molecule has 20 heavy (non-hydrogen) atoms. The summed E-state index contributed by atoms with van der Waals surface area (Å²) in [7, 11) is 0. The fourth-order valence-corrected chi connectivity index (χ4v) is 2.25. The van der Waals surface area contributed by atoms with Gasteiger partial charge >= 0.3 is 0 Å². The minimum Gasteiger partial charge on any atom is -1.00 e. The minimum atomic E-state index is 0. The topological polar surface area (TPSA) is 79.3 Å². The first-order valence-corrected chi connectivity index (χ1v) is 7.96. The highest BCUT2D eigenvalue weighted by molar-refractivity contribution is 4.49. The molecule has 0 heterocycles. The lowest BCUT2D eigenvalue weighted by Crippen LogP contribution is -3.00. The van der Waals surface area contributed by atoms with Crippen molar-refractivity contribution >= 4 is 0 Å². The molecule has 0 amide bonds. The van der Waals surface area contributed by atoms with Gasteiger partial charge in [-0.3, -0.25) is 5.84 Å². The molecule has 0 aliphatic carbocycles. The zero-order valence-corrected chi connectivity index (χ0v) is 16.2. The first-order valence-electron chi connectivity index (χ1n) is 7.96. The molecule has 0 unspecified atom stereocenters. The number of unbranched alkanes of at least 4 members (excludes halogenated alkanes) is 11. The molecular formula is C14H36Br2N4. The van der Waals surface area contributed by atoms with Crippen LogP contribution >= 0.6 is 0 Å². The van der Waals surface area contributed by atoms with Crippen molar-refractivity contribution in [2.75, 3.05) is 13.1 Å². The van der Waals surface area contributed by atoms with Gasteiger partial charge in [0.1, 0.15) is 0 Å². The summed E-state index contributed by atoms with van der Waals surface area (Å²) in [5.74, 6) is 3.52. The van der Waals surface area contributed by atoms with E-state index < -0.39 is 0 Å². The van der Waals surface area contributed by atoms with Gasteiger partial charge < -0.3 is 39.7 Å². The molecule has 0 fully saturated rings. The third-order valence-corrected chi connectivity index (χ3v) is 3.43. The van der Waals surface area contributed by atoms with Gasteiger partial charge in [-0.15, -0.1) is 5.53 Å². The molecule has 0 saturated heterocycles. The molecule has 0 radical (unpaired) electrons. The summed E-state index contributed by atoms with van der Waals surface area (Å²) in [6.07, 6.45) is 16.7. The van der Waals surface area contributed by atoms with E-state index in [9.17, 15) is 0 Å². The summed E-state index contributed by atoms with van der Waals surface area (Å²) in [5, 5.41) is 0. The smallest absolute Gasteiger partial charge is 0.0739 e. The fraction of sp³-hybridized carbons (Fsp3) is 1.00. The second-order valence-corrected chi connectivity index (χ2v) is 5.20. The number of quaternary nitrogens is 2. The summed E-state index contributed by atoms with van der Waals surface area (Å²) in [4.78, 5) is 0. The van der Waals surface area contributed by atoms with E-state index in [-0.39, 0.29) is 34.0 Å². The molecule has 0 aromatic heterocycles.